The van der Waals surface area contributed by atoms with Crippen molar-refractivity contribution in [3.63, 3.8) is 0 Å². The van der Waals surface area contributed by atoms with Crippen molar-refractivity contribution >= 4 is 42.7 Å². The van der Waals surface area contributed by atoms with E-state index >= 15 is 0 Å². The second kappa shape index (κ2) is 15.5. The number of fused-ring (bicyclic) bond motifs is 1. The first kappa shape index (κ1) is 35.5. The number of ether oxygens (including phenoxy) is 2. The van der Waals surface area contributed by atoms with Gasteiger partial charge in [-0.05, 0) is 47.8 Å². The van der Waals surface area contributed by atoms with E-state index in [1.165, 1.54) is 29.5 Å². The van der Waals surface area contributed by atoms with Crippen LogP contribution in [0.2, 0.25) is 21.6 Å². The van der Waals surface area contributed by atoms with Gasteiger partial charge in [-0.25, -0.2) is 19.6 Å². The van der Waals surface area contributed by atoms with Crippen molar-refractivity contribution in [1.29, 1.82) is 10.5 Å². The lowest BCUT2D eigenvalue weighted by Crippen LogP contribution is -2.49. The fourth-order valence-corrected chi connectivity index (χ4v) is 11.8. The highest BCUT2D eigenvalue weighted by molar-refractivity contribution is 6.77. The lowest BCUT2D eigenvalue weighted by Gasteiger charge is -2.42. The van der Waals surface area contributed by atoms with Crippen molar-refractivity contribution in [3.05, 3.63) is 65.2 Å². The number of hydrogen-bond acceptors (Lipinski definition) is 10. The van der Waals surface area contributed by atoms with Gasteiger partial charge in [0.25, 0.3) is 5.91 Å². The van der Waals surface area contributed by atoms with E-state index in [1.54, 1.807) is 24.3 Å². The molecular weight excluding hydrogens is 636 g/mol. The van der Waals surface area contributed by atoms with Crippen molar-refractivity contribution in [2.45, 2.75) is 77.3 Å². The van der Waals surface area contributed by atoms with Gasteiger partial charge in [0.2, 0.25) is 12.0 Å². The normalized spacial score (nSPS) is 13.0. The molecule has 246 valence electrons. The first-order chi connectivity index (χ1) is 22.4. The number of benzene rings is 1. The average Bonchev–Trinajstić information content (AvgIpc) is 3.47. The van der Waals surface area contributed by atoms with Crippen LogP contribution in [0.4, 0.5) is 5.82 Å². The number of carbonyl (C=O) groups excluding carboxylic acids is 1. The molecule has 0 saturated heterocycles. The van der Waals surface area contributed by atoms with Crippen LogP contribution in [0.25, 0.3) is 16.7 Å². The molecule has 47 heavy (non-hydrogen) atoms. The molecule has 0 fully saturated rings. The zero-order valence-corrected chi connectivity index (χ0v) is 29.3. The van der Waals surface area contributed by atoms with E-state index in [0.717, 1.165) is 0 Å². The molecule has 2 atom stereocenters. The summed E-state index contributed by atoms with van der Waals surface area (Å²) in [5.74, 6) is -0.218. The number of pyridine rings is 1. The number of carbonyl (C=O) groups is 1. The Labute approximate surface area is 280 Å². The second-order valence-corrected chi connectivity index (χ2v) is 18.0. The number of nitriles is 2. The highest BCUT2D eigenvalue weighted by Gasteiger charge is 2.45. The Morgan fingerprint density at radius 2 is 1.68 bits per heavy atom. The van der Waals surface area contributed by atoms with Crippen LogP contribution in [0.1, 0.15) is 59.6 Å². The van der Waals surface area contributed by atoms with E-state index in [0.29, 0.717) is 56.1 Å². The predicted molar refractivity (Wildman–Crippen MR) is 181 cm³/mol. The number of rotatable bonds is 14. The van der Waals surface area contributed by atoms with Crippen LogP contribution in [-0.2, 0) is 14.0 Å². The van der Waals surface area contributed by atoms with Gasteiger partial charge in [-0.2, -0.15) is 15.6 Å². The summed E-state index contributed by atoms with van der Waals surface area (Å²) in [5, 5.41) is 26.6. The van der Waals surface area contributed by atoms with E-state index in [-0.39, 0.29) is 24.4 Å². The maximum atomic E-state index is 13.6. The summed E-state index contributed by atoms with van der Waals surface area (Å²) in [6.45, 7) is 15.5. The monoisotopic (exact) mass is 674 g/mol. The number of nitrogens with one attached hydrogen (secondary N) is 1. The predicted octanol–water partition coefficient (Wildman–Crippen LogP) is 6.59. The van der Waals surface area contributed by atoms with Crippen molar-refractivity contribution in [3.8, 4) is 23.7 Å². The zero-order valence-electron chi connectivity index (χ0n) is 27.6. The molecule has 1 N–H and O–H groups in total. The Balaban J connectivity index is 1.60. The Kier molecular flexibility index (Phi) is 11.7. The lowest BCUT2D eigenvalue weighted by atomic mass is 10.2. The van der Waals surface area contributed by atoms with Crippen molar-refractivity contribution in [2.75, 3.05) is 18.5 Å². The Morgan fingerprint density at radius 1 is 0.957 bits per heavy atom. The van der Waals surface area contributed by atoms with Gasteiger partial charge in [0.05, 0.1) is 41.7 Å². The minimum absolute atomic E-state index is 0.0816. The van der Waals surface area contributed by atoms with E-state index in [2.05, 4.69) is 73.0 Å². The summed E-state index contributed by atoms with van der Waals surface area (Å²) in [6, 6.07) is 12.2. The molecule has 0 saturated carbocycles. The molecule has 3 heterocycles. The Bertz CT molecular complexity index is 1760. The number of amides is 1. The standard InChI is InChI=1S/C33H39ClN8O4Si/c1-20(2)47(21(3)4,22(5)6)45-17-23(7)44-18-28(32(43)41-29-12-11-24(13-35)15-37-29)46-33-26-16-40-42(31(26)38-19-39-33)30-25(14-36)9-8-10-27(30)34/h8-12,15-16,19-23,28H,17-18H2,1-7H3,(H,37,41,43)/t23-,28+/m1/s1. The lowest BCUT2D eigenvalue weighted by molar-refractivity contribution is -0.127. The molecule has 1 aromatic carbocycles. The van der Waals surface area contributed by atoms with Crippen molar-refractivity contribution in [1.82, 2.24) is 24.7 Å². The smallest absolute Gasteiger partial charge is 0.269 e. The van der Waals surface area contributed by atoms with Gasteiger partial charge in [0, 0.05) is 6.20 Å². The topological polar surface area (TPSA) is 161 Å². The first-order valence-corrected chi connectivity index (χ1v) is 17.9. The van der Waals surface area contributed by atoms with E-state index in [9.17, 15) is 10.1 Å². The molecule has 4 aromatic rings. The molecule has 4 rings (SSSR count). The number of nitrogens with zero attached hydrogens (tertiary/aromatic N) is 7. The third kappa shape index (κ3) is 7.77. The number of halogens is 1. The van der Waals surface area contributed by atoms with E-state index in [4.69, 9.17) is 30.8 Å². The molecule has 0 aliphatic carbocycles. The minimum atomic E-state index is -2.13. The zero-order chi connectivity index (χ0) is 34.3. The van der Waals surface area contributed by atoms with Gasteiger partial charge in [0.15, 0.2) is 14.0 Å². The number of aromatic nitrogens is 5. The largest absolute Gasteiger partial charge is 0.461 e. The summed E-state index contributed by atoms with van der Waals surface area (Å²) >= 11 is 6.45. The van der Waals surface area contributed by atoms with Crippen LogP contribution in [0.15, 0.2) is 49.1 Å². The van der Waals surface area contributed by atoms with Crippen LogP contribution in [0.5, 0.6) is 5.88 Å². The fraction of sp³-hybridized carbons (Fsp3) is 0.424. The van der Waals surface area contributed by atoms with E-state index in [1.807, 2.05) is 13.0 Å². The molecule has 14 heteroatoms. The molecule has 0 radical (unpaired) electrons. The second-order valence-electron chi connectivity index (χ2n) is 12.1. The average molecular weight is 675 g/mol. The Morgan fingerprint density at radius 3 is 2.30 bits per heavy atom. The Hall–Kier alpha value is -4.40. The van der Waals surface area contributed by atoms with Crippen LogP contribution in [-0.4, -0.2) is 64.4 Å². The SMILES string of the molecule is CC(C)[Si](OC[C@@H](C)OC[C@H](Oc1ncnc2c1cnn2-c1c(Cl)cccc1C#N)C(=O)Nc1ccc(C#N)cn1)(C(C)C)C(C)C. The molecule has 0 aliphatic rings. The van der Waals surface area contributed by atoms with Gasteiger partial charge < -0.3 is 19.2 Å². The van der Waals surface area contributed by atoms with Gasteiger partial charge >= 0.3 is 0 Å². The molecule has 0 spiro atoms. The summed E-state index contributed by atoms with van der Waals surface area (Å²) in [7, 11) is -2.13. The third-order valence-corrected chi connectivity index (χ3v) is 14.5. The molecule has 0 aliphatic heterocycles. The van der Waals surface area contributed by atoms with Gasteiger partial charge in [-0.1, -0.05) is 59.2 Å². The molecule has 3 aromatic heterocycles. The summed E-state index contributed by atoms with van der Waals surface area (Å²) in [4.78, 5) is 26.4. The molecule has 1 amide bonds. The van der Waals surface area contributed by atoms with Crippen LogP contribution in [0, 0.1) is 22.7 Å². The quantitative estimate of drug-likeness (QED) is 0.144. The molecule has 0 unspecified atom stereocenters. The molecule has 0 bridgehead atoms. The maximum Gasteiger partial charge on any atom is 0.269 e. The number of para-hydroxylation sites is 1. The van der Waals surface area contributed by atoms with E-state index < -0.39 is 20.3 Å². The summed E-state index contributed by atoms with van der Waals surface area (Å²) in [5.41, 5.74) is 2.58. The minimum Gasteiger partial charge on any atom is -0.461 e. The van der Waals surface area contributed by atoms with Crippen molar-refractivity contribution < 1.29 is 18.7 Å². The third-order valence-electron chi connectivity index (χ3n) is 8.15. The van der Waals surface area contributed by atoms with Gasteiger partial charge in [-0.15, -0.1) is 0 Å². The molecule has 12 nitrogen and oxygen atoms in total. The molecular formula is C33H39ClN8O4Si. The highest BCUT2D eigenvalue weighted by Crippen LogP contribution is 2.42. The fourth-order valence-electron chi connectivity index (χ4n) is 6.00. The highest BCUT2D eigenvalue weighted by atomic mass is 35.5. The maximum absolute atomic E-state index is 13.6. The summed E-state index contributed by atoms with van der Waals surface area (Å²) < 4.78 is 20.5. The summed E-state index contributed by atoms with van der Waals surface area (Å²) in [6.07, 6.45) is 2.61. The van der Waals surface area contributed by atoms with Crippen molar-refractivity contribution in [2.24, 2.45) is 0 Å². The van der Waals surface area contributed by atoms with Crippen LogP contribution in [0.3, 0.4) is 0 Å². The van der Waals surface area contributed by atoms with Crippen LogP contribution >= 0.6 is 11.6 Å². The van der Waals surface area contributed by atoms with Crippen LogP contribution < -0.4 is 10.1 Å². The number of hydrogen-bond donors (Lipinski definition) is 1. The number of anilines is 1. The first-order valence-electron chi connectivity index (χ1n) is 15.4. The van der Waals surface area contributed by atoms with Gasteiger partial charge in [-0.3, -0.25) is 4.79 Å². The van der Waals surface area contributed by atoms with Gasteiger partial charge in [0.1, 0.15) is 35.4 Å².